The number of nitrogens with one attached hydrogen (secondary N) is 1. The van der Waals surface area contributed by atoms with E-state index in [9.17, 15) is 13.2 Å². The number of halogens is 3. The molecule has 0 unspecified atom stereocenters. The average molecular weight is 459 g/mol. The van der Waals surface area contributed by atoms with E-state index in [0.29, 0.717) is 22.0 Å². The van der Waals surface area contributed by atoms with Crippen molar-refractivity contribution >= 4 is 50.7 Å². The Balaban J connectivity index is 1.95. The number of carbonyl (C=O) groups is 1. The number of sulfonamides is 1. The van der Waals surface area contributed by atoms with E-state index < -0.39 is 15.9 Å². The summed E-state index contributed by atoms with van der Waals surface area (Å²) < 4.78 is 28.8. The summed E-state index contributed by atoms with van der Waals surface area (Å²) in [5.41, 5.74) is 0.836. The lowest BCUT2D eigenvalue weighted by Crippen LogP contribution is -2.31. The number of rotatable bonds is 4. The monoisotopic (exact) mass is 457 g/mol. The highest BCUT2D eigenvalue weighted by molar-refractivity contribution is 7.90. The van der Waals surface area contributed by atoms with E-state index >= 15 is 0 Å². The molecule has 0 aliphatic heterocycles. The van der Waals surface area contributed by atoms with Crippen LogP contribution in [0.2, 0.25) is 15.1 Å². The van der Waals surface area contributed by atoms with Crippen LogP contribution in [-0.4, -0.2) is 23.9 Å². The molecule has 0 fully saturated rings. The third-order valence-corrected chi connectivity index (χ3v) is 6.74. The van der Waals surface area contributed by atoms with Crippen molar-refractivity contribution in [2.45, 2.75) is 11.8 Å². The fourth-order valence-electron chi connectivity index (χ4n) is 2.68. The Morgan fingerprint density at radius 1 is 1.07 bits per heavy atom. The Morgan fingerprint density at radius 3 is 2.39 bits per heavy atom. The largest absolute Gasteiger partial charge is 0.333 e. The van der Waals surface area contributed by atoms with Crippen LogP contribution < -0.4 is 4.72 Å². The topological polar surface area (TPSA) is 81.1 Å². The van der Waals surface area contributed by atoms with Gasteiger partial charge in [0.25, 0.3) is 15.9 Å². The average Bonchev–Trinajstić information content (AvgIpc) is 2.98. The quantitative estimate of drug-likeness (QED) is 0.625. The fraction of sp³-hybridized carbons (Fsp3) is 0.111. The van der Waals surface area contributed by atoms with E-state index in [1.165, 1.54) is 12.3 Å². The van der Waals surface area contributed by atoms with Crippen molar-refractivity contribution in [2.75, 3.05) is 0 Å². The molecular formula is C18H14Cl3N3O3S. The van der Waals surface area contributed by atoms with Crippen molar-refractivity contribution in [3.05, 3.63) is 68.9 Å². The maximum atomic E-state index is 12.6. The summed E-state index contributed by atoms with van der Waals surface area (Å²) in [5, 5.41) is 0.641. The minimum Gasteiger partial charge on any atom is -0.333 e. The number of nitrogens with zero attached hydrogens (tertiary/aromatic N) is 2. The molecule has 28 heavy (non-hydrogen) atoms. The van der Waals surface area contributed by atoms with E-state index in [4.69, 9.17) is 34.8 Å². The molecule has 0 atom stereocenters. The highest BCUT2D eigenvalue weighted by Crippen LogP contribution is 2.32. The zero-order chi connectivity index (χ0) is 20.6. The Bertz CT molecular complexity index is 1170. The number of hydrogen-bond acceptors (Lipinski definition) is 4. The van der Waals surface area contributed by atoms with Crippen molar-refractivity contribution in [3.8, 4) is 11.4 Å². The molecule has 0 radical (unpaired) electrons. The van der Waals surface area contributed by atoms with E-state index in [1.807, 2.05) is 4.72 Å². The second kappa shape index (κ2) is 7.75. The van der Waals surface area contributed by atoms with Gasteiger partial charge in [0.2, 0.25) is 0 Å². The van der Waals surface area contributed by atoms with Crippen LogP contribution in [0, 0.1) is 6.92 Å². The molecule has 3 rings (SSSR count). The maximum Gasteiger partial charge on any atom is 0.285 e. The van der Waals surface area contributed by atoms with E-state index in [2.05, 4.69) is 4.98 Å². The van der Waals surface area contributed by atoms with Gasteiger partial charge in [-0.05, 0) is 30.7 Å². The predicted molar refractivity (Wildman–Crippen MR) is 110 cm³/mol. The standard InChI is InChI=1S/C18H14Cl3N3O3S/c1-10-5-3-8-13(20)16(10)28(26,27)23-18(25)14-9-24(2)17(22-14)11-6-4-7-12(19)15(11)21/h3-9H,1-2H3,(H,23,25). The first kappa shape index (κ1) is 20.7. The molecule has 1 amide bonds. The van der Waals surface area contributed by atoms with Crippen LogP contribution >= 0.6 is 34.8 Å². The first-order valence-electron chi connectivity index (χ1n) is 7.92. The van der Waals surface area contributed by atoms with Crippen LogP contribution in [0.3, 0.4) is 0 Å². The van der Waals surface area contributed by atoms with Gasteiger partial charge in [0, 0.05) is 18.8 Å². The van der Waals surface area contributed by atoms with Crippen LogP contribution in [0.25, 0.3) is 11.4 Å². The van der Waals surface area contributed by atoms with E-state index in [-0.39, 0.29) is 20.6 Å². The first-order valence-corrected chi connectivity index (χ1v) is 10.5. The smallest absolute Gasteiger partial charge is 0.285 e. The molecule has 0 aliphatic carbocycles. The summed E-state index contributed by atoms with van der Waals surface area (Å²) in [5.74, 6) is -0.525. The number of hydrogen-bond donors (Lipinski definition) is 1. The fourth-order valence-corrected chi connectivity index (χ4v) is 4.86. The maximum absolute atomic E-state index is 12.6. The number of benzene rings is 2. The SMILES string of the molecule is Cc1cccc(Cl)c1S(=O)(=O)NC(=O)c1cn(C)c(-c2cccc(Cl)c2Cl)n1. The normalized spacial score (nSPS) is 11.5. The molecule has 0 saturated heterocycles. The van der Waals surface area contributed by atoms with E-state index in [0.717, 1.165) is 0 Å². The van der Waals surface area contributed by atoms with Crippen molar-refractivity contribution in [1.29, 1.82) is 0 Å². The van der Waals surface area contributed by atoms with Gasteiger partial charge in [0.1, 0.15) is 16.4 Å². The second-order valence-electron chi connectivity index (χ2n) is 5.98. The summed E-state index contributed by atoms with van der Waals surface area (Å²) in [6.07, 6.45) is 1.40. The summed E-state index contributed by atoms with van der Waals surface area (Å²) in [6.45, 7) is 1.59. The molecular weight excluding hydrogens is 445 g/mol. The minimum absolute atomic E-state index is 0.0210. The Labute approximate surface area is 177 Å². The van der Waals surface area contributed by atoms with Crippen molar-refractivity contribution < 1.29 is 13.2 Å². The first-order chi connectivity index (χ1) is 13.1. The molecule has 0 bridgehead atoms. The lowest BCUT2D eigenvalue weighted by atomic mass is 10.2. The molecule has 1 N–H and O–H groups in total. The third-order valence-electron chi connectivity index (χ3n) is 3.96. The van der Waals surface area contributed by atoms with Crippen molar-refractivity contribution in [2.24, 2.45) is 7.05 Å². The molecule has 0 aliphatic rings. The zero-order valence-electron chi connectivity index (χ0n) is 14.7. The van der Waals surface area contributed by atoms with Crippen LogP contribution in [0.5, 0.6) is 0 Å². The number of aromatic nitrogens is 2. The Morgan fingerprint density at radius 2 is 1.71 bits per heavy atom. The Kier molecular flexibility index (Phi) is 5.72. The molecule has 2 aromatic carbocycles. The third kappa shape index (κ3) is 3.89. The van der Waals surface area contributed by atoms with Crippen LogP contribution in [0.4, 0.5) is 0 Å². The molecule has 0 spiro atoms. The van der Waals surface area contributed by atoms with Gasteiger partial charge < -0.3 is 4.57 Å². The second-order valence-corrected chi connectivity index (χ2v) is 8.79. The van der Waals surface area contributed by atoms with Crippen LogP contribution in [0.1, 0.15) is 16.1 Å². The van der Waals surface area contributed by atoms with Gasteiger partial charge >= 0.3 is 0 Å². The molecule has 146 valence electrons. The number of imidazole rings is 1. The van der Waals surface area contributed by atoms with Gasteiger partial charge in [-0.25, -0.2) is 18.1 Å². The Hall–Kier alpha value is -2.06. The summed E-state index contributed by atoms with van der Waals surface area (Å²) in [7, 11) is -2.52. The lowest BCUT2D eigenvalue weighted by Gasteiger charge is -2.10. The number of aryl methyl sites for hydroxylation is 2. The lowest BCUT2D eigenvalue weighted by molar-refractivity contribution is 0.0977. The number of amides is 1. The molecule has 3 aromatic rings. The predicted octanol–water partition coefficient (Wildman–Crippen LogP) is 4.47. The van der Waals surface area contributed by atoms with Gasteiger partial charge in [0.15, 0.2) is 0 Å². The van der Waals surface area contributed by atoms with Crippen LogP contribution in [0.15, 0.2) is 47.5 Å². The van der Waals surface area contributed by atoms with Crippen LogP contribution in [-0.2, 0) is 17.1 Å². The van der Waals surface area contributed by atoms with Gasteiger partial charge in [-0.3, -0.25) is 4.79 Å². The highest BCUT2D eigenvalue weighted by Gasteiger charge is 2.25. The minimum atomic E-state index is -4.18. The summed E-state index contributed by atoms with van der Waals surface area (Å²) >= 11 is 18.3. The molecule has 0 saturated carbocycles. The van der Waals surface area contributed by atoms with Gasteiger partial charge in [0.05, 0.1) is 15.1 Å². The van der Waals surface area contributed by atoms with E-state index in [1.54, 1.807) is 48.9 Å². The van der Waals surface area contributed by atoms with Crippen molar-refractivity contribution in [3.63, 3.8) is 0 Å². The van der Waals surface area contributed by atoms with Crippen molar-refractivity contribution in [1.82, 2.24) is 14.3 Å². The van der Waals surface area contributed by atoms with Gasteiger partial charge in [-0.2, -0.15) is 0 Å². The van der Waals surface area contributed by atoms with Gasteiger partial charge in [-0.1, -0.05) is 53.0 Å². The molecule has 6 nitrogen and oxygen atoms in total. The molecule has 1 aromatic heterocycles. The summed E-state index contributed by atoms with van der Waals surface area (Å²) in [4.78, 5) is 16.6. The zero-order valence-corrected chi connectivity index (χ0v) is 17.8. The highest BCUT2D eigenvalue weighted by atomic mass is 35.5. The summed E-state index contributed by atoms with van der Waals surface area (Å²) in [6, 6.07) is 9.67. The number of carbonyl (C=O) groups excluding carboxylic acids is 1. The molecule has 10 heteroatoms. The van der Waals surface area contributed by atoms with Gasteiger partial charge in [-0.15, -0.1) is 0 Å². The molecule has 1 heterocycles.